The van der Waals surface area contributed by atoms with Crippen molar-refractivity contribution in [1.29, 1.82) is 0 Å². The van der Waals surface area contributed by atoms with E-state index in [4.69, 9.17) is 0 Å². The summed E-state index contributed by atoms with van der Waals surface area (Å²) in [5.41, 5.74) is 0.147. The smallest absolute Gasteiger partial charge is 0.427 e. The molecule has 0 aliphatic carbocycles. The fourth-order valence-electron chi connectivity index (χ4n) is 1.34. The van der Waals surface area contributed by atoms with E-state index in [1.807, 2.05) is 0 Å². The average molecular weight is 297 g/mol. The lowest BCUT2D eigenvalue weighted by atomic mass is 10.1. The van der Waals surface area contributed by atoms with Crippen molar-refractivity contribution in [1.82, 2.24) is 0 Å². The molecular formula is C9H4BrF3O3. The molecule has 3 nitrogen and oxygen atoms in total. The van der Waals surface area contributed by atoms with Gasteiger partial charge in [0, 0.05) is 10.0 Å². The van der Waals surface area contributed by atoms with Crippen molar-refractivity contribution in [3.8, 4) is 0 Å². The Morgan fingerprint density at radius 3 is 2.69 bits per heavy atom. The Morgan fingerprint density at radius 2 is 2.06 bits per heavy atom. The minimum Gasteiger partial charge on any atom is -0.427 e. The highest BCUT2D eigenvalue weighted by Gasteiger charge is 2.41. The Balaban J connectivity index is 2.33. The highest BCUT2D eigenvalue weighted by Crippen LogP contribution is 2.37. The van der Waals surface area contributed by atoms with Gasteiger partial charge in [0.15, 0.2) is 0 Å². The summed E-state index contributed by atoms with van der Waals surface area (Å²) < 4.78 is 44.7. The Hall–Kier alpha value is -1.08. The maximum Gasteiger partial charge on any atom is 0.525 e. The molecule has 0 aromatic heterocycles. The van der Waals surface area contributed by atoms with Crippen LogP contribution in [0, 0.1) is 0 Å². The van der Waals surface area contributed by atoms with Crippen LogP contribution < -0.4 is 0 Å². The van der Waals surface area contributed by atoms with E-state index in [1.165, 1.54) is 18.2 Å². The highest BCUT2D eigenvalue weighted by atomic mass is 79.9. The Bertz CT molecular complexity index is 444. The van der Waals surface area contributed by atoms with Gasteiger partial charge in [-0.05, 0) is 12.1 Å². The minimum absolute atomic E-state index is 0.0728. The number of cyclic esters (lactones) is 1. The van der Waals surface area contributed by atoms with E-state index in [9.17, 15) is 18.0 Å². The van der Waals surface area contributed by atoms with E-state index in [0.717, 1.165) is 0 Å². The lowest BCUT2D eigenvalue weighted by molar-refractivity contribution is -0.372. The largest absolute Gasteiger partial charge is 0.525 e. The summed E-state index contributed by atoms with van der Waals surface area (Å²) in [7, 11) is 0. The fourth-order valence-corrected chi connectivity index (χ4v) is 1.70. The number of rotatable bonds is 1. The van der Waals surface area contributed by atoms with Crippen molar-refractivity contribution in [2.24, 2.45) is 0 Å². The van der Waals surface area contributed by atoms with E-state index in [0.29, 0.717) is 4.47 Å². The van der Waals surface area contributed by atoms with Crippen molar-refractivity contribution in [3.05, 3.63) is 33.8 Å². The molecule has 1 aliphatic rings. The summed E-state index contributed by atoms with van der Waals surface area (Å²) in [6.07, 6.45) is -6.56. The number of esters is 1. The van der Waals surface area contributed by atoms with E-state index < -0.39 is 18.6 Å². The maximum absolute atomic E-state index is 12.0. The SMILES string of the molecule is O=C1OC(OC(F)(F)F)c2ccc(Br)cc21. The first-order valence-corrected chi connectivity index (χ1v) is 4.91. The van der Waals surface area contributed by atoms with Gasteiger partial charge in [0.1, 0.15) is 0 Å². The van der Waals surface area contributed by atoms with Crippen LogP contribution >= 0.6 is 15.9 Å². The molecule has 16 heavy (non-hydrogen) atoms. The predicted molar refractivity (Wildman–Crippen MR) is 49.4 cm³/mol. The number of hydrogen-bond donors (Lipinski definition) is 0. The van der Waals surface area contributed by atoms with Crippen LogP contribution in [0.15, 0.2) is 22.7 Å². The molecule has 0 amide bonds. The van der Waals surface area contributed by atoms with Gasteiger partial charge in [-0.15, -0.1) is 13.2 Å². The van der Waals surface area contributed by atoms with Crippen LogP contribution in [-0.2, 0) is 9.47 Å². The molecule has 0 spiro atoms. The van der Waals surface area contributed by atoms with Gasteiger partial charge >= 0.3 is 12.3 Å². The van der Waals surface area contributed by atoms with Gasteiger partial charge in [-0.2, -0.15) is 0 Å². The summed E-state index contributed by atoms with van der Waals surface area (Å²) in [4.78, 5) is 11.2. The molecule has 0 radical (unpaired) electrons. The van der Waals surface area contributed by atoms with Crippen LogP contribution in [0.25, 0.3) is 0 Å². The van der Waals surface area contributed by atoms with Gasteiger partial charge in [-0.25, -0.2) is 9.53 Å². The van der Waals surface area contributed by atoms with Gasteiger partial charge < -0.3 is 4.74 Å². The highest BCUT2D eigenvalue weighted by molar-refractivity contribution is 9.10. The normalized spacial score (nSPS) is 19.5. The number of benzene rings is 1. The van der Waals surface area contributed by atoms with Crippen molar-refractivity contribution >= 4 is 21.9 Å². The summed E-state index contributed by atoms with van der Waals surface area (Å²) in [5, 5.41) is 0. The van der Waals surface area contributed by atoms with Crippen molar-refractivity contribution in [2.45, 2.75) is 12.7 Å². The lowest BCUT2D eigenvalue weighted by Gasteiger charge is -2.13. The second kappa shape index (κ2) is 3.74. The number of alkyl halides is 3. The van der Waals surface area contributed by atoms with Gasteiger partial charge in [-0.1, -0.05) is 22.0 Å². The zero-order valence-corrected chi connectivity index (χ0v) is 9.13. The zero-order valence-electron chi connectivity index (χ0n) is 7.55. The van der Waals surface area contributed by atoms with Crippen LogP contribution in [0.4, 0.5) is 13.2 Å². The minimum atomic E-state index is -4.85. The first-order chi connectivity index (χ1) is 7.37. The Labute approximate surface area is 96.3 Å². The molecular weight excluding hydrogens is 293 g/mol. The third-order valence-electron chi connectivity index (χ3n) is 1.94. The Kier molecular flexibility index (Phi) is 2.67. The molecule has 7 heteroatoms. The molecule has 1 aromatic rings. The van der Waals surface area contributed by atoms with Gasteiger partial charge in [0.25, 0.3) is 0 Å². The first-order valence-electron chi connectivity index (χ1n) is 4.12. The summed E-state index contributed by atoms with van der Waals surface area (Å²) >= 11 is 3.10. The topological polar surface area (TPSA) is 35.5 Å². The number of carbonyl (C=O) groups excluding carboxylic acids is 1. The van der Waals surface area contributed by atoms with Crippen molar-refractivity contribution in [3.63, 3.8) is 0 Å². The van der Waals surface area contributed by atoms with E-state index in [1.54, 1.807) is 0 Å². The molecule has 0 bridgehead atoms. The van der Waals surface area contributed by atoms with E-state index in [2.05, 4.69) is 25.4 Å². The number of ether oxygens (including phenoxy) is 2. The first kappa shape index (κ1) is 11.4. The molecule has 1 unspecified atom stereocenters. The summed E-state index contributed by atoms with van der Waals surface area (Å²) in [6.45, 7) is 0. The molecule has 0 fully saturated rings. The van der Waals surface area contributed by atoms with Crippen molar-refractivity contribution in [2.75, 3.05) is 0 Å². The fraction of sp³-hybridized carbons (Fsp3) is 0.222. The molecule has 0 saturated heterocycles. The Morgan fingerprint density at radius 1 is 1.38 bits per heavy atom. The van der Waals surface area contributed by atoms with Gasteiger partial charge in [0.05, 0.1) is 5.56 Å². The van der Waals surface area contributed by atoms with Crippen molar-refractivity contribution < 1.29 is 27.4 Å². The summed E-state index contributed by atoms with van der Waals surface area (Å²) in [5.74, 6) is -0.828. The third kappa shape index (κ3) is 2.19. The quantitative estimate of drug-likeness (QED) is 0.747. The standard InChI is InChI=1S/C9H4BrF3O3/c10-4-1-2-5-6(3-4)7(14)15-8(5)16-9(11,12)13/h1-3,8H. The monoisotopic (exact) mass is 296 g/mol. The van der Waals surface area contributed by atoms with Crippen LogP contribution in [0.1, 0.15) is 22.2 Å². The van der Waals surface area contributed by atoms with Gasteiger partial charge in [-0.3, -0.25) is 0 Å². The van der Waals surface area contributed by atoms with Gasteiger partial charge in [0.2, 0.25) is 6.29 Å². The molecule has 1 aromatic carbocycles. The summed E-state index contributed by atoms with van der Waals surface area (Å²) in [6, 6.07) is 4.24. The second-order valence-electron chi connectivity index (χ2n) is 3.03. The zero-order chi connectivity index (χ0) is 11.9. The lowest BCUT2D eigenvalue weighted by Crippen LogP contribution is -2.18. The second-order valence-corrected chi connectivity index (χ2v) is 3.95. The molecule has 86 valence electrons. The molecule has 1 atom stereocenters. The number of halogens is 4. The van der Waals surface area contributed by atoms with Crippen LogP contribution in [0.2, 0.25) is 0 Å². The number of fused-ring (bicyclic) bond motifs is 1. The molecule has 1 heterocycles. The molecule has 2 rings (SSSR count). The van der Waals surface area contributed by atoms with E-state index in [-0.39, 0.29) is 11.1 Å². The predicted octanol–water partition coefficient (Wildman–Crippen LogP) is 3.15. The number of hydrogen-bond acceptors (Lipinski definition) is 3. The average Bonchev–Trinajstić information content (AvgIpc) is 2.40. The van der Waals surface area contributed by atoms with Crippen LogP contribution in [-0.4, -0.2) is 12.3 Å². The van der Waals surface area contributed by atoms with E-state index >= 15 is 0 Å². The maximum atomic E-state index is 12.0. The third-order valence-corrected chi connectivity index (χ3v) is 2.44. The number of carbonyl (C=O) groups is 1. The molecule has 1 aliphatic heterocycles. The van der Waals surface area contributed by atoms with Crippen LogP contribution in [0.5, 0.6) is 0 Å². The van der Waals surface area contributed by atoms with Crippen LogP contribution in [0.3, 0.4) is 0 Å². The molecule has 0 N–H and O–H groups in total. The molecule has 0 saturated carbocycles.